The first-order chi connectivity index (χ1) is 16.9. The second kappa shape index (κ2) is 9.93. The summed E-state index contributed by atoms with van der Waals surface area (Å²) in [6.07, 6.45) is 0.982. The fraction of sp³-hybridized carbons (Fsp3) is 0.231. The van der Waals surface area contributed by atoms with Crippen molar-refractivity contribution >= 4 is 38.5 Å². The van der Waals surface area contributed by atoms with E-state index in [4.69, 9.17) is 0 Å². The Morgan fingerprint density at radius 1 is 0.943 bits per heavy atom. The van der Waals surface area contributed by atoms with Gasteiger partial charge >= 0.3 is 0 Å². The van der Waals surface area contributed by atoms with E-state index in [0.29, 0.717) is 11.7 Å². The molecule has 0 N–H and O–H groups in total. The van der Waals surface area contributed by atoms with Crippen LogP contribution in [0.3, 0.4) is 0 Å². The van der Waals surface area contributed by atoms with Crippen LogP contribution in [0.1, 0.15) is 17.5 Å². The summed E-state index contributed by atoms with van der Waals surface area (Å²) in [7, 11) is -4.28. The first kappa shape index (κ1) is 23.7. The molecular formula is C26H24FN3O3S2. The number of aliphatic imine (C=N–C) groups is 1. The number of para-hydroxylation sites is 1. The van der Waals surface area contributed by atoms with Gasteiger partial charge in [0.15, 0.2) is 5.17 Å². The molecule has 3 aromatic rings. The van der Waals surface area contributed by atoms with E-state index in [1.807, 2.05) is 54.6 Å². The third-order valence-electron chi connectivity index (χ3n) is 6.15. The minimum Gasteiger partial charge on any atom is -0.290 e. The molecule has 1 fully saturated rings. The zero-order valence-corrected chi connectivity index (χ0v) is 20.5. The van der Waals surface area contributed by atoms with Crippen LogP contribution >= 0.6 is 11.8 Å². The number of amides is 1. The second-order valence-electron chi connectivity index (χ2n) is 8.39. The highest BCUT2D eigenvalue weighted by atomic mass is 32.2. The number of rotatable bonds is 4. The van der Waals surface area contributed by atoms with Crippen molar-refractivity contribution in [2.45, 2.75) is 30.3 Å². The summed E-state index contributed by atoms with van der Waals surface area (Å²) in [6, 6.07) is 21.1. The average Bonchev–Trinajstić information content (AvgIpc) is 2.88. The molecule has 0 unspecified atom stereocenters. The number of benzene rings is 3. The van der Waals surface area contributed by atoms with Crippen LogP contribution in [0.15, 0.2) is 88.8 Å². The normalized spacial score (nSPS) is 20.0. The van der Waals surface area contributed by atoms with Gasteiger partial charge in [0.05, 0.1) is 5.69 Å². The molecule has 0 bridgehead atoms. The fourth-order valence-electron chi connectivity index (χ4n) is 4.39. The van der Waals surface area contributed by atoms with E-state index in [1.54, 1.807) is 4.90 Å². The smallest absolute Gasteiger partial charge is 0.247 e. The zero-order chi connectivity index (χ0) is 24.4. The quantitative estimate of drug-likeness (QED) is 0.516. The third kappa shape index (κ3) is 4.76. The Hall–Kier alpha value is -3.01. The van der Waals surface area contributed by atoms with Gasteiger partial charge in [-0.1, -0.05) is 66.4 Å². The Balaban J connectivity index is 1.55. The van der Waals surface area contributed by atoms with Crippen molar-refractivity contribution < 1.29 is 17.6 Å². The highest BCUT2D eigenvalue weighted by Crippen LogP contribution is 2.32. The summed E-state index contributed by atoms with van der Waals surface area (Å²) in [4.78, 5) is 19.8. The van der Waals surface area contributed by atoms with Gasteiger partial charge in [0, 0.05) is 18.8 Å². The molecule has 180 valence electrons. The fourth-order valence-corrected chi connectivity index (χ4v) is 6.98. The second-order valence-corrected chi connectivity index (χ2v) is 11.3. The number of nitrogens with zero attached hydrogens (tertiary/aromatic N) is 3. The molecule has 0 saturated carbocycles. The van der Waals surface area contributed by atoms with Crippen molar-refractivity contribution in [2.24, 2.45) is 4.99 Å². The van der Waals surface area contributed by atoms with Crippen molar-refractivity contribution in [2.75, 3.05) is 12.3 Å². The monoisotopic (exact) mass is 509 g/mol. The summed E-state index contributed by atoms with van der Waals surface area (Å²) in [5.74, 6) is -0.362. The molecule has 35 heavy (non-hydrogen) atoms. The molecule has 3 aromatic carbocycles. The van der Waals surface area contributed by atoms with Gasteiger partial charge in [-0.2, -0.15) is 4.31 Å². The van der Waals surface area contributed by atoms with Crippen LogP contribution in [0, 0.1) is 5.82 Å². The van der Waals surface area contributed by atoms with Gasteiger partial charge in [0.25, 0.3) is 0 Å². The van der Waals surface area contributed by atoms with E-state index in [1.165, 1.54) is 30.0 Å². The molecule has 1 amide bonds. The number of thioether (sulfide) groups is 1. The topological polar surface area (TPSA) is 70.1 Å². The first-order valence-electron chi connectivity index (χ1n) is 11.4. The number of hydrogen-bond acceptors (Lipinski definition) is 5. The molecule has 2 aliphatic heterocycles. The van der Waals surface area contributed by atoms with Gasteiger partial charge in [0.2, 0.25) is 15.9 Å². The SMILES string of the molecule is O=C([C@@H]1Cc2ccccc2CN1S(=O)(=O)c1ccccc1F)N1CCCSC1=Nc1ccccc1. The highest BCUT2D eigenvalue weighted by molar-refractivity contribution is 8.13. The molecule has 2 aliphatic rings. The van der Waals surface area contributed by atoms with Crippen molar-refractivity contribution in [1.29, 1.82) is 0 Å². The lowest BCUT2D eigenvalue weighted by Crippen LogP contribution is -2.55. The molecule has 1 saturated heterocycles. The predicted molar refractivity (Wildman–Crippen MR) is 135 cm³/mol. The standard InChI is InChI=1S/C26H24FN3O3S2/c27-22-13-6-7-14-24(22)35(32,33)30-18-20-10-5-4-9-19(20)17-23(30)25(31)29-15-8-16-34-26(29)28-21-11-2-1-3-12-21/h1-7,9-14,23H,8,15-18H2/t23-/m0/s1. The van der Waals surface area contributed by atoms with Crippen LogP contribution in [0.2, 0.25) is 0 Å². The van der Waals surface area contributed by atoms with Crippen LogP contribution in [-0.4, -0.2) is 47.0 Å². The number of amidine groups is 1. The van der Waals surface area contributed by atoms with Gasteiger partial charge in [-0.3, -0.25) is 9.69 Å². The van der Waals surface area contributed by atoms with Crippen LogP contribution in [0.5, 0.6) is 0 Å². The molecule has 5 rings (SSSR count). The molecule has 2 heterocycles. The van der Waals surface area contributed by atoms with Crippen molar-refractivity contribution in [1.82, 2.24) is 9.21 Å². The molecular weight excluding hydrogens is 485 g/mol. The largest absolute Gasteiger partial charge is 0.290 e. The van der Waals surface area contributed by atoms with Gasteiger partial charge in [-0.25, -0.2) is 17.8 Å². The Morgan fingerprint density at radius 2 is 1.63 bits per heavy atom. The van der Waals surface area contributed by atoms with Crippen molar-refractivity contribution in [3.05, 3.63) is 95.8 Å². The summed E-state index contributed by atoms with van der Waals surface area (Å²) in [5, 5.41) is 0.551. The minimum absolute atomic E-state index is 0.00457. The van der Waals surface area contributed by atoms with Crippen LogP contribution in [0.4, 0.5) is 10.1 Å². The maximum Gasteiger partial charge on any atom is 0.247 e. The average molecular weight is 510 g/mol. The maximum absolute atomic E-state index is 14.6. The number of sulfonamides is 1. The third-order valence-corrected chi connectivity index (χ3v) is 9.10. The van der Waals surface area contributed by atoms with E-state index < -0.39 is 26.8 Å². The van der Waals surface area contributed by atoms with Gasteiger partial charge in [0.1, 0.15) is 16.8 Å². The lowest BCUT2D eigenvalue weighted by atomic mass is 9.95. The van der Waals surface area contributed by atoms with Gasteiger partial charge < -0.3 is 0 Å². The molecule has 0 aliphatic carbocycles. The lowest BCUT2D eigenvalue weighted by Gasteiger charge is -2.38. The molecule has 0 spiro atoms. The van der Waals surface area contributed by atoms with E-state index in [0.717, 1.165) is 39.4 Å². The van der Waals surface area contributed by atoms with Crippen molar-refractivity contribution in [3.8, 4) is 0 Å². The van der Waals surface area contributed by atoms with E-state index in [-0.39, 0.29) is 18.9 Å². The number of carbonyl (C=O) groups excluding carboxylic acids is 1. The molecule has 9 heteroatoms. The molecule has 0 radical (unpaired) electrons. The summed E-state index contributed by atoms with van der Waals surface area (Å²) < 4.78 is 43.1. The summed E-state index contributed by atoms with van der Waals surface area (Å²) in [5.41, 5.74) is 2.44. The number of halogens is 1. The van der Waals surface area contributed by atoms with Gasteiger partial charge in [-0.05, 0) is 48.2 Å². The Bertz CT molecular complexity index is 1380. The summed E-state index contributed by atoms with van der Waals surface area (Å²) >= 11 is 1.48. The Morgan fingerprint density at radius 3 is 2.40 bits per heavy atom. The Labute approximate surface area is 208 Å². The number of hydrogen-bond donors (Lipinski definition) is 0. The van der Waals surface area contributed by atoms with E-state index >= 15 is 0 Å². The van der Waals surface area contributed by atoms with E-state index in [2.05, 4.69) is 4.99 Å². The number of carbonyl (C=O) groups is 1. The van der Waals surface area contributed by atoms with Crippen LogP contribution in [-0.2, 0) is 27.8 Å². The lowest BCUT2D eigenvalue weighted by molar-refractivity contribution is -0.131. The summed E-state index contributed by atoms with van der Waals surface area (Å²) in [6.45, 7) is 0.443. The molecule has 6 nitrogen and oxygen atoms in total. The Kier molecular flexibility index (Phi) is 6.73. The first-order valence-corrected chi connectivity index (χ1v) is 13.8. The number of fused-ring (bicyclic) bond motifs is 1. The van der Waals surface area contributed by atoms with Crippen LogP contribution in [0.25, 0.3) is 0 Å². The van der Waals surface area contributed by atoms with Crippen LogP contribution < -0.4 is 0 Å². The predicted octanol–water partition coefficient (Wildman–Crippen LogP) is 4.59. The zero-order valence-electron chi connectivity index (χ0n) is 18.9. The van der Waals surface area contributed by atoms with E-state index in [9.17, 15) is 17.6 Å². The molecule has 0 aromatic heterocycles. The highest BCUT2D eigenvalue weighted by Gasteiger charge is 2.43. The maximum atomic E-state index is 14.6. The molecule has 1 atom stereocenters. The van der Waals surface area contributed by atoms with Gasteiger partial charge in [-0.15, -0.1) is 0 Å². The van der Waals surface area contributed by atoms with Crippen molar-refractivity contribution in [3.63, 3.8) is 0 Å². The minimum atomic E-state index is -4.28.